The molecule has 1 saturated heterocycles. The van der Waals surface area contributed by atoms with Gasteiger partial charge in [-0.15, -0.1) is 0 Å². The number of rotatable bonds is 5. The van der Waals surface area contributed by atoms with E-state index in [0.29, 0.717) is 18.3 Å². The summed E-state index contributed by atoms with van der Waals surface area (Å²) in [4.78, 5) is 14.0. The summed E-state index contributed by atoms with van der Waals surface area (Å²) in [6.45, 7) is 5.32. The summed E-state index contributed by atoms with van der Waals surface area (Å²) in [6.07, 6.45) is 2.14. The second-order valence-corrected chi connectivity index (χ2v) is 5.17. The van der Waals surface area contributed by atoms with Crippen molar-refractivity contribution >= 4 is 11.6 Å². The normalized spacial score (nSPS) is 17.1. The Balaban J connectivity index is 1.75. The summed E-state index contributed by atoms with van der Waals surface area (Å²) in [5, 5.41) is 6.17. The topological polar surface area (TPSA) is 44.4 Å². The highest BCUT2D eigenvalue weighted by atomic mass is 19.1. The molecular weight excluding hydrogens is 257 g/mol. The van der Waals surface area contributed by atoms with Gasteiger partial charge in [-0.1, -0.05) is 13.0 Å². The maximum atomic E-state index is 13.0. The summed E-state index contributed by atoms with van der Waals surface area (Å²) < 4.78 is 13.0. The number of hydrogen-bond acceptors (Lipinski definition) is 3. The van der Waals surface area contributed by atoms with Crippen LogP contribution >= 0.6 is 0 Å². The second kappa shape index (κ2) is 7.36. The fraction of sp³-hybridized carbons (Fsp3) is 0.533. The third-order valence-electron chi connectivity index (χ3n) is 3.56. The van der Waals surface area contributed by atoms with E-state index in [0.717, 1.165) is 32.5 Å². The number of anilines is 1. The maximum absolute atomic E-state index is 13.0. The molecule has 0 atom stereocenters. The quantitative estimate of drug-likeness (QED) is 0.864. The van der Waals surface area contributed by atoms with Crippen molar-refractivity contribution < 1.29 is 9.18 Å². The van der Waals surface area contributed by atoms with Crippen molar-refractivity contribution in [3.05, 3.63) is 30.1 Å². The maximum Gasteiger partial charge on any atom is 0.238 e. The third kappa shape index (κ3) is 4.58. The Morgan fingerprint density at radius 2 is 2.15 bits per heavy atom. The van der Waals surface area contributed by atoms with Gasteiger partial charge >= 0.3 is 0 Å². The predicted octanol–water partition coefficient (Wildman–Crippen LogP) is 1.84. The number of likely N-dealkylation sites (tertiary alicyclic amines) is 1. The van der Waals surface area contributed by atoms with E-state index >= 15 is 0 Å². The standard InChI is InChI=1S/C15H22FN3O/c1-2-17-13-6-8-19(9-7-13)11-15(20)18-14-5-3-4-12(16)10-14/h3-5,10,13,17H,2,6-9,11H2,1H3,(H,18,20). The summed E-state index contributed by atoms with van der Waals surface area (Å²) >= 11 is 0. The molecule has 20 heavy (non-hydrogen) atoms. The molecule has 2 N–H and O–H groups in total. The van der Waals surface area contributed by atoms with Crippen LogP contribution in [0.4, 0.5) is 10.1 Å². The number of hydrogen-bond donors (Lipinski definition) is 2. The van der Waals surface area contributed by atoms with Gasteiger partial charge in [0, 0.05) is 24.8 Å². The van der Waals surface area contributed by atoms with Crippen LogP contribution in [0.15, 0.2) is 24.3 Å². The predicted molar refractivity (Wildman–Crippen MR) is 78.2 cm³/mol. The van der Waals surface area contributed by atoms with Gasteiger partial charge in [-0.05, 0) is 37.6 Å². The first-order chi connectivity index (χ1) is 9.67. The molecule has 0 bridgehead atoms. The van der Waals surface area contributed by atoms with E-state index < -0.39 is 0 Å². The lowest BCUT2D eigenvalue weighted by molar-refractivity contribution is -0.117. The Kier molecular flexibility index (Phi) is 5.49. The fourth-order valence-electron chi connectivity index (χ4n) is 2.55. The van der Waals surface area contributed by atoms with Crippen LogP contribution in [-0.4, -0.2) is 43.0 Å². The van der Waals surface area contributed by atoms with Gasteiger partial charge in [-0.25, -0.2) is 4.39 Å². The molecule has 0 unspecified atom stereocenters. The van der Waals surface area contributed by atoms with Crippen LogP contribution in [0.5, 0.6) is 0 Å². The Morgan fingerprint density at radius 1 is 1.40 bits per heavy atom. The number of carbonyl (C=O) groups is 1. The molecule has 5 heteroatoms. The minimum atomic E-state index is -0.339. The third-order valence-corrected chi connectivity index (χ3v) is 3.56. The Morgan fingerprint density at radius 3 is 2.80 bits per heavy atom. The molecule has 1 fully saturated rings. The van der Waals surface area contributed by atoms with E-state index in [1.54, 1.807) is 12.1 Å². The van der Waals surface area contributed by atoms with Crippen LogP contribution in [0.3, 0.4) is 0 Å². The van der Waals surface area contributed by atoms with E-state index in [4.69, 9.17) is 0 Å². The van der Waals surface area contributed by atoms with E-state index in [-0.39, 0.29) is 11.7 Å². The molecule has 4 nitrogen and oxygen atoms in total. The van der Waals surface area contributed by atoms with Crippen LogP contribution in [-0.2, 0) is 4.79 Å². The van der Waals surface area contributed by atoms with Gasteiger partial charge in [0.2, 0.25) is 5.91 Å². The molecule has 1 heterocycles. The van der Waals surface area contributed by atoms with Crippen molar-refractivity contribution in [2.75, 3.05) is 31.5 Å². The first-order valence-corrected chi connectivity index (χ1v) is 7.18. The molecule has 1 aromatic rings. The monoisotopic (exact) mass is 279 g/mol. The molecule has 110 valence electrons. The largest absolute Gasteiger partial charge is 0.325 e. The lowest BCUT2D eigenvalue weighted by Crippen LogP contribution is -2.44. The molecular formula is C15H22FN3O. The minimum Gasteiger partial charge on any atom is -0.325 e. The Labute approximate surface area is 119 Å². The SMILES string of the molecule is CCNC1CCN(CC(=O)Nc2cccc(F)c2)CC1. The number of nitrogens with one attached hydrogen (secondary N) is 2. The van der Waals surface area contributed by atoms with Crippen molar-refractivity contribution in [2.24, 2.45) is 0 Å². The lowest BCUT2D eigenvalue weighted by atomic mass is 10.1. The first kappa shape index (κ1) is 14.9. The second-order valence-electron chi connectivity index (χ2n) is 5.17. The Bertz CT molecular complexity index is 444. The number of piperidine rings is 1. The van der Waals surface area contributed by atoms with Gasteiger partial charge < -0.3 is 10.6 Å². The van der Waals surface area contributed by atoms with Gasteiger partial charge in [-0.2, -0.15) is 0 Å². The smallest absolute Gasteiger partial charge is 0.238 e. The van der Waals surface area contributed by atoms with Crippen LogP contribution in [0.1, 0.15) is 19.8 Å². The number of halogens is 1. The van der Waals surface area contributed by atoms with E-state index in [1.807, 2.05) is 0 Å². The summed E-state index contributed by atoms with van der Waals surface area (Å²) in [6, 6.07) is 6.55. The number of nitrogens with zero attached hydrogens (tertiary/aromatic N) is 1. The Hall–Kier alpha value is -1.46. The van der Waals surface area contributed by atoms with Crippen LogP contribution in [0.25, 0.3) is 0 Å². The minimum absolute atomic E-state index is 0.0856. The van der Waals surface area contributed by atoms with Gasteiger partial charge in [0.15, 0.2) is 0 Å². The highest BCUT2D eigenvalue weighted by Gasteiger charge is 2.19. The molecule has 1 aliphatic heterocycles. The highest BCUT2D eigenvalue weighted by Crippen LogP contribution is 2.12. The van der Waals surface area contributed by atoms with Crippen LogP contribution in [0.2, 0.25) is 0 Å². The van der Waals surface area contributed by atoms with Gasteiger partial charge in [0.1, 0.15) is 5.82 Å². The summed E-state index contributed by atoms with van der Waals surface area (Å²) in [5.41, 5.74) is 0.512. The zero-order valence-electron chi connectivity index (χ0n) is 11.9. The molecule has 2 rings (SSSR count). The van der Waals surface area contributed by atoms with Crippen molar-refractivity contribution in [1.82, 2.24) is 10.2 Å². The van der Waals surface area contributed by atoms with E-state index in [9.17, 15) is 9.18 Å². The van der Waals surface area contributed by atoms with E-state index in [2.05, 4.69) is 22.5 Å². The lowest BCUT2D eigenvalue weighted by Gasteiger charge is -2.31. The molecule has 1 aliphatic rings. The molecule has 0 aliphatic carbocycles. The van der Waals surface area contributed by atoms with Gasteiger partial charge in [-0.3, -0.25) is 9.69 Å². The molecule has 1 amide bonds. The van der Waals surface area contributed by atoms with Crippen molar-refractivity contribution in [1.29, 1.82) is 0 Å². The zero-order chi connectivity index (χ0) is 14.4. The van der Waals surface area contributed by atoms with Gasteiger partial charge in [0.25, 0.3) is 0 Å². The van der Waals surface area contributed by atoms with Crippen molar-refractivity contribution in [3.8, 4) is 0 Å². The number of benzene rings is 1. The van der Waals surface area contributed by atoms with Crippen molar-refractivity contribution in [3.63, 3.8) is 0 Å². The van der Waals surface area contributed by atoms with Crippen molar-refractivity contribution in [2.45, 2.75) is 25.8 Å². The molecule has 0 spiro atoms. The van der Waals surface area contributed by atoms with Gasteiger partial charge in [0.05, 0.1) is 6.54 Å². The molecule has 1 aromatic carbocycles. The number of amides is 1. The van der Waals surface area contributed by atoms with Crippen LogP contribution in [0, 0.1) is 5.82 Å². The fourth-order valence-corrected chi connectivity index (χ4v) is 2.55. The zero-order valence-corrected chi connectivity index (χ0v) is 11.9. The first-order valence-electron chi connectivity index (χ1n) is 7.18. The molecule has 0 saturated carbocycles. The summed E-state index contributed by atoms with van der Waals surface area (Å²) in [7, 11) is 0. The average molecular weight is 279 g/mol. The molecule has 0 radical (unpaired) electrons. The molecule has 0 aromatic heterocycles. The number of carbonyl (C=O) groups excluding carboxylic acids is 1. The summed E-state index contributed by atoms with van der Waals surface area (Å²) in [5.74, 6) is -0.424. The van der Waals surface area contributed by atoms with Crippen LogP contribution < -0.4 is 10.6 Å². The van der Waals surface area contributed by atoms with E-state index in [1.165, 1.54) is 12.1 Å². The average Bonchev–Trinajstić information content (AvgIpc) is 2.41. The highest BCUT2D eigenvalue weighted by molar-refractivity contribution is 5.92.